The molecule has 0 rings (SSSR count). The summed E-state index contributed by atoms with van der Waals surface area (Å²) in [5.74, 6) is -0.308. The van der Waals surface area contributed by atoms with Crippen molar-refractivity contribution < 1.29 is 32.9 Å². The van der Waals surface area contributed by atoms with Gasteiger partial charge in [0.1, 0.15) is 0 Å². The number of carbonyl (C=O) groups is 1. The van der Waals surface area contributed by atoms with Crippen LogP contribution in [0.5, 0.6) is 0 Å². The number of quaternary nitrogens is 1. The van der Waals surface area contributed by atoms with E-state index in [2.05, 4.69) is 20.8 Å². The van der Waals surface area contributed by atoms with Gasteiger partial charge in [-0.1, -0.05) is 46.1 Å². The van der Waals surface area contributed by atoms with Crippen LogP contribution in [0.4, 0.5) is 0 Å². The molecule has 0 saturated heterocycles. The second-order valence-corrected chi connectivity index (χ2v) is 9.62. The van der Waals surface area contributed by atoms with Crippen LogP contribution in [0.1, 0.15) is 91.9 Å². The number of rotatable bonds is 20. The van der Waals surface area contributed by atoms with E-state index in [1.807, 2.05) is 0 Å². The van der Waals surface area contributed by atoms with Crippen molar-refractivity contribution in [2.75, 3.05) is 32.8 Å². The molecule has 0 spiro atoms. The van der Waals surface area contributed by atoms with Gasteiger partial charge >= 0.3 is 13.8 Å². The molecule has 0 bridgehead atoms. The predicted molar refractivity (Wildman–Crippen MR) is 126 cm³/mol. The van der Waals surface area contributed by atoms with Gasteiger partial charge in [-0.15, -0.1) is 0 Å². The third kappa shape index (κ3) is 14.9. The molecule has 0 aliphatic rings. The van der Waals surface area contributed by atoms with Crippen LogP contribution in [0.2, 0.25) is 0 Å². The number of esters is 1. The molecule has 0 aliphatic heterocycles. The predicted octanol–water partition coefficient (Wildman–Crippen LogP) is 5.36. The number of ether oxygens (including phenoxy) is 1. The number of unbranched alkanes of at least 4 members (excludes halogenated alkanes) is 3. The van der Waals surface area contributed by atoms with Gasteiger partial charge in [-0.2, -0.15) is 0 Å². The Kier molecular flexibility index (Phi) is 17.4. The molecule has 8 heteroatoms. The van der Waals surface area contributed by atoms with E-state index in [1.165, 1.54) is 25.3 Å². The molecule has 31 heavy (non-hydrogen) atoms. The lowest BCUT2D eigenvalue weighted by molar-refractivity contribution is -0.952. The van der Waals surface area contributed by atoms with E-state index in [4.69, 9.17) is 19.0 Å². The largest absolute Gasteiger partial charge is 0.469 e. The van der Waals surface area contributed by atoms with Gasteiger partial charge in [0.05, 0.1) is 38.9 Å². The molecule has 1 unspecified atom stereocenters. The van der Waals surface area contributed by atoms with E-state index in [-0.39, 0.29) is 12.6 Å². The first-order valence-corrected chi connectivity index (χ1v) is 13.6. The highest BCUT2D eigenvalue weighted by molar-refractivity contribution is 7.46. The average Bonchev–Trinajstić information content (AvgIpc) is 2.72. The topological polar surface area (TPSA) is 93.1 Å². The maximum absolute atomic E-state index is 11.6. The van der Waals surface area contributed by atoms with Crippen LogP contribution < -0.4 is 0 Å². The lowest BCUT2D eigenvalue weighted by Gasteiger charge is -2.46. The van der Waals surface area contributed by atoms with Gasteiger partial charge in [-0.25, -0.2) is 9.36 Å². The van der Waals surface area contributed by atoms with Crippen molar-refractivity contribution in [3.8, 4) is 0 Å². The molecular weight excluding hydrogens is 417 g/mol. The Labute approximate surface area is 190 Å². The Hall–Kier alpha value is -0.720. The third-order valence-corrected chi connectivity index (χ3v) is 6.33. The standard InChI is InChI=1S/C23H46NO6P/c1-5-9-17-24(18-10-6-2,19-11-7-3)22(16-13-21-30-31(26,27)28)15-12-20-29-23(25)14-8-4/h8,14,22H,5-7,9-13,15-21H2,1-4H3,(H-,26,27,28)/p+1. The first kappa shape index (κ1) is 30.3. The summed E-state index contributed by atoms with van der Waals surface area (Å²) in [5.41, 5.74) is 0. The van der Waals surface area contributed by atoms with Crippen molar-refractivity contribution >= 4 is 13.8 Å². The fourth-order valence-electron chi connectivity index (χ4n) is 4.17. The molecule has 0 saturated carbocycles. The molecule has 0 amide bonds. The van der Waals surface area contributed by atoms with E-state index in [1.54, 1.807) is 13.0 Å². The number of allylic oxidation sites excluding steroid dienone is 1. The summed E-state index contributed by atoms with van der Waals surface area (Å²) in [6.45, 7) is 12.3. The zero-order valence-electron chi connectivity index (χ0n) is 20.3. The second-order valence-electron chi connectivity index (χ2n) is 8.38. The van der Waals surface area contributed by atoms with Gasteiger partial charge in [0.15, 0.2) is 0 Å². The zero-order valence-corrected chi connectivity index (χ0v) is 21.2. The molecule has 1 atom stereocenters. The molecule has 7 nitrogen and oxygen atoms in total. The first-order chi connectivity index (χ1) is 14.7. The van der Waals surface area contributed by atoms with Crippen LogP contribution in [0.15, 0.2) is 12.2 Å². The monoisotopic (exact) mass is 464 g/mol. The second kappa shape index (κ2) is 17.8. The normalized spacial score (nSPS) is 13.6. The van der Waals surface area contributed by atoms with Gasteiger partial charge in [-0.3, -0.25) is 4.52 Å². The molecule has 0 aromatic rings. The van der Waals surface area contributed by atoms with E-state index < -0.39 is 7.82 Å². The summed E-state index contributed by atoms with van der Waals surface area (Å²) < 4.78 is 22.1. The summed E-state index contributed by atoms with van der Waals surface area (Å²) in [6.07, 6.45) is 13.2. The Bertz CT molecular complexity index is 512. The number of phosphoric acid groups is 1. The molecule has 0 fully saturated rings. The molecule has 0 aromatic heterocycles. The summed E-state index contributed by atoms with van der Waals surface area (Å²) in [6, 6.07) is 0.366. The number of hydrogen-bond donors (Lipinski definition) is 2. The Morgan fingerprint density at radius 2 is 1.39 bits per heavy atom. The van der Waals surface area contributed by atoms with Gasteiger partial charge < -0.3 is 19.0 Å². The van der Waals surface area contributed by atoms with E-state index in [0.717, 1.165) is 62.6 Å². The van der Waals surface area contributed by atoms with Gasteiger partial charge in [0, 0.05) is 18.9 Å². The Balaban J connectivity index is 5.34. The minimum Gasteiger partial charge on any atom is -0.463 e. The molecule has 0 heterocycles. The Morgan fingerprint density at radius 3 is 1.81 bits per heavy atom. The third-order valence-electron chi connectivity index (χ3n) is 5.82. The summed E-state index contributed by atoms with van der Waals surface area (Å²) in [5, 5.41) is 0. The van der Waals surface area contributed by atoms with Crippen molar-refractivity contribution in [3.05, 3.63) is 12.2 Å². The highest BCUT2D eigenvalue weighted by atomic mass is 31.2. The summed E-state index contributed by atoms with van der Waals surface area (Å²) >= 11 is 0. The molecule has 184 valence electrons. The maximum atomic E-state index is 11.6. The fourth-order valence-corrected chi connectivity index (χ4v) is 4.54. The SMILES string of the molecule is CC=CC(=O)OCCCC(CCCOP(=O)(O)O)[N+](CCCC)(CCCC)CCCC. The van der Waals surface area contributed by atoms with Crippen molar-refractivity contribution in [2.45, 2.75) is 97.9 Å². The summed E-state index contributed by atoms with van der Waals surface area (Å²) in [7, 11) is -4.43. The Morgan fingerprint density at radius 1 is 0.903 bits per heavy atom. The van der Waals surface area contributed by atoms with E-state index in [9.17, 15) is 9.36 Å². The molecule has 0 aromatic carbocycles. The van der Waals surface area contributed by atoms with Crippen LogP contribution in [-0.2, 0) is 18.6 Å². The van der Waals surface area contributed by atoms with Crippen molar-refractivity contribution in [1.82, 2.24) is 0 Å². The molecule has 2 N–H and O–H groups in total. The first-order valence-electron chi connectivity index (χ1n) is 12.1. The number of carbonyl (C=O) groups excluding carboxylic acids is 1. The fraction of sp³-hybridized carbons (Fsp3) is 0.870. The maximum Gasteiger partial charge on any atom is 0.469 e. The van der Waals surface area contributed by atoms with Crippen LogP contribution >= 0.6 is 7.82 Å². The minimum atomic E-state index is -4.43. The number of phosphoric ester groups is 1. The van der Waals surface area contributed by atoms with Gasteiger partial charge in [-0.05, 0) is 39.0 Å². The smallest absolute Gasteiger partial charge is 0.463 e. The van der Waals surface area contributed by atoms with Gasteiger partial charge in [0.2, 0.25) is 0 Å². The van der Waals surface area contributed by atoms with E-state index in [0.29, 0.717) is 19.1 Å². The lowest BCUT2D eigenvalue weighted by Crippen LogP contribution is -2.57. The van der Waals surface area contributed by atoms with Gasteiger partial charge in [0.25, 0.3) is 0 Å². The quantitative estimate of drug-likeness (QED) is 0.0828. The molecular formula is C23H47NO6P+. The lowest BCUT2D eigenvalue weighted by atomic mass is 9.98. The number of nitrogens with zero attached hydrogens (tertiary/aromatic N) is 1. The van der Waals surface area contributed by atoms with Crippen molar-refractivity contribution in [2.24, 2.45) is 0 Å². The van der Waals surface area contributed by atoms with Crippen LogP contribution in [0.3, 0.4) is 0 Å². The molecule has 0 aliphatic carbocycles. The van der Waals surface area contributed by atoms with Crippen LogP contribution in [0, 0.1) is 0 Å². The highest BCUT2D eigenvalue weighted by Gasteiger charge is 2.35. The number of hydrogen-bond acceptors (Lipinski definition) is 4. The minimum absolute atomic E-state index is 0.0619. The van der Waals surface area contributed by atoms with Crippen molar-refractivity contribution in [3.63, 3.8) is 0 Å². The zero-order chi connectivity index (χ0) is 23.6. The molecule has 0 radical (unpaired) electrons. The average molecular weight is 465 g/mol. The highest BCUT2D eigenvalue weighted by Crippen LogP contribution is 2.36. The summed E-state index contributed by atoms with van der Waals surface area (Å²) in [4.78, 5) is 29.6. The van der Waals surface area contributed by atoms with Crippen molar-refractivity contribution in [1.29, 1.82) is 0 Å². The van der Waals surface area contributed by atoms with Crippen LogP contribution in [0.25, 0.3) is 0 Å². The van der Waals surface area contributed by atoms with Crippen LogP contribution in [-0.4, -0.2) is 59.1 Å². The van der Waals surface area contributed by atoms with E-state index >= 15 is 0 Å².